The second-order valence-electron chi connectivity index (χ2n) is 5.09. The lowest BCUT2D eigenvalue weighted by molar-refractivity contribution is 0.687. The van der Waals surface area contributed by atoms with Crippen LogP contribution in [-0.4, -0.2) is 6.54 Å². The normalized spacial score (nSPS) is 10.8. The summed E-state index contributed by atoms with van der Waals surface area (Å²) in [6, 6.07) is 25.8. The molecule has 100 valence electrons. The second kappa shape index (κ2) is 6.36. The summed E-state index contributed by atoms with van der Waals surface area (Å²) in [5.74, 6) is 0. The molecule has 3 rings (SSSR count). The Morgan fingerprint density at radius 2 is 1.40 bits per heavy atom. The number of fused-ring (bicyclic) bond motifs is 1. The Balaban J connectivity index is 1.55. The molecule has 1 heteroatoms. The van der Waals surface area contributed by atoms with Crippen LogP contribution in [0.2, 0.25) is 0 Å². The fourth-order valence-electron chi connectivity index (χ4n) is 2.46. The molecule has 0 fully saturated rings. The molecule has 0 amide bonds. The molecule has 20 heavy (non-hydrogen) atoms. The summed E-state index contributed by atoms with van der Waals surface area (Å²) >= 11 is 0. The zero-order valence-corrected chi connectivity index (χ0v) is 11.5. The van der Waals surface area contributed by atoms with Gasteiger partial charge in [-0.1, -0.05) is 72.8 Å². The van der Waals surface area contributed by atoms with E-state index in [4.69, 9.17) is 0 Å². The Labute approximate surface area is 120 Å². The van der Waals surface area contributed by atoms with Crippen LogP contribution in [0.15, 0.2) is 72.8 Å². The van der Waals surface area contributed by atoms with Crippen LogP contribution in [0.25, 0.3) is 10.8 Å². The van der Waals surface area contributed by atoms with E-state index in [-0.39, 0.29) is 0 Å². The van der Waals surface area contributed by atoms with Gasteiger partial charge in [0.2, 0.25) is 0 Å². The quantitative estimate of drug-likeness (QED) is 0.680. The largest absolute Gasteiger partial charge is 0.312 e. The van der Waals surface area contributed by atoms with Gasteiger partial charge in [-0.2, -0.15) is 0 Å². The molecule has 0 saturated carbocycles. The van der Waals surface area contributed by atoms with Gasteiger partial charge in [-0.15, -0.1) is 0 Å². The Morgan fingerprint density at radius 1 is 0.650 bits per heavy atom. The Bertz CT molecular complexity index is 673. The molecule has 0 aliphatic heterocycles. The second-order valence-corrected chi connectivity index (χ2v) is 5.09. The van der Waals surface area contributed by atoms with Crippen molar-refractivity contribution in [2.75, 3.05) is 6.54 Å². The predicted molar refractivity (Wildman–Crippen MR) is 85.8 cm³/mol. The van der Waals surface area contributed by atoms with Crippen molar-refractivity contribution in [1.82, 2.24) is 5.32 Å². The van der Waals surface area contributed by atoms with Gasteiger partial charge in [0, 0.05) is 6.54 Å². The fraction of sp³-hybridized carbons (Fsp3) is 0.158. The summed E-state index contributed by atoms with van der Waals surface area (Å²) < 4.78 is 0. The zero-order chi connectivity index (χ0) is 13.6. The molecule has 0 heterocycles. The minimum Gasteiger partial charge on any atom is -0.312 e. The molecule has 1 N–H and O–H groups in total. The van der Waals surface area contributed by atoms with Gasteiger partial charge in [-0.3, -0.25) is 0 Å². The lowest BCUT2D eigenvalue weighted by atomic mass is 10.1. The summed E-state index contributed by atoms with van der Waals surface area (Å²) in [7, 11) is 0. The minimum absolute atomic E-state index is 0.939. The van der Waals surface area contributed by atoms with Crippen molar-refractivity contribution in [3.63, 3.8) is 0 Å². The highest BCUT2D eigenvalue weighted by Gasteiger charge is 1.97. The van der Waals surface area contributed by atoms with Crippen molar-refractivity contribution in [3.8, 4) is 0 Å². The monoisotopic (exact) mass is 261 g/mol. The zero-order valence-electron chi connectivity index (χ0n) is 11.5. The molecule has 0 atom stereocenters. The molecule has 0 saturated heterocycles. The van der Waals surface area contributed by atoms with Gasteiger partial charge in [-0.25, -0.2) is 0 Å². The maximum Gasteiger partial charge on any atom is 0.0205 e. The SMILES string of the molecule is c1ccc(CNCCc2ccc3ccccc3c2)cc1. The number of hydrogen-bond donors (Lipinski definition) is 1. The summed E-state index contributed by atoms with van der Waals surface area (Å²) in [5, 5.41) is 6.14. The van der Waals surface area contributed by atoms with Crippen LogP contribution in [0, 0.1) is 0 Å². The van der Waals surface area contributed by atoms with Gasteiger partial charge < -0.3 is 5.32 Å². The van der Waals surface area contributed by atoms with Crippen LogP contribution < -0.4 is 5.32 Å². The number of rotatable bonds is 5. The van der Waals surface area contributed by atoms with Gasteiger partial charge in [0.1, 0.15) is 0 Å². The van der Waals surface area contributed by atoms with Crippen molar-refractivity contribution in [3.05, 3.63) is 83.9 Å². The third-order valence-electron chi connectivity index (χ3n) is 3.58. The molecule has 0 bridgehead atoms. The highest BCUT2D eigenvalue weighted by atomic mass is 14.8. The van der Waals surface area contributed by atoms with Crippen molar-refractivity contribution >= 4 is 10.8 Å². The van der Waals surface area contributed by atoms with Crippen LogP contribution in [0.3, 0.4) is 0 Å². The topological polar surface area (TPSA) is 12.0 Å². The smallest absolute Gasteiger partial charge is 0.0205 e. The molecule has 0 spiro atoms. The molecule has 0 aliphatic carbocycles. The van der Waals surface area contributed by atoms with Gasteiger partial charge in [-0.05, 0) is 34.9 Å². The molecule has 1 nitrogen and oxygen atoms in total. The summed E-state index contributed by atoms with van der Waals surface area (Å²) in [6.45, 7) is 1.95. The molecular formula is C19H19N. The van der Waals surface area contributed by atoms with Crippen LogP contribution >= 0.6 is 0 Å². The van der Waals surface area contributed by atoms with Gasteiger partial charge in [0.15, 0.2) is 0 Å². The molecule has 0 aromatic heterocycles. The maximum atomic E-state index is 3.50. The first-order chi connectivity index (χ1) is 9.92. The van der Waals surface area contributed by atoms with E-state index in [0.29, 0.717) is 0 Å². The fourth-order valence-corrected chi connectivity index (χ4v) is 2.46. The van der Waals surface area contributed by atoms with Crippen molar-refractivity contribution in [2.45, 2.75) is 13.0 Å². The number of benzene rings is 3. The molecule has 3 aromatic rings. The van der Waals surface area contributed by atoms with E-state index >= 15 is 0 Å². The van der Waals surface area contributed by atoms with Crippen LogP contribution in [0.4, 0.5) is 0 Å². The van der Waals surface area contributed by atoms with Crippen LogP contribution in [0.5, 0.6) is 0 Å². The van der Waals surface area contributed by atoms with Gasteiger partial charge in [0.25, 0.3) is 0 Å². The lowest BCUT2D eigenvalue weighted by Crippen LogP contribution is -2.16. The van der Waals surface area contributed by atoms with Crippen LogP contribution in [-0.2, 0) is 13.0 Å². The van der Waals surface area contributed by atoms with E-state index in [9.17, 15) is 0 Å². The Kier molecular flexibility index (Phi) is 4.10. The average molecular weight is 261 g/mol. The van der Waals surface area contributed by atoms with E-state index in [1.807, 2.05) is 0 Å². The summed E-state index contributed by atoms with van der Waals surface area (Å²) in [5.41, 5.74) is 2.73. The van der Waals surface area contributed by atoms with E-state index in [1.54, 1.807) is 0 Å². The van der Waals surface area contributed by atoms with Crippen molar-refractivity contribution in [1.29, 1.82) is 0 Å². The van der Waals surface area contributed by atoms with Gasteiger partial charge in [0.05, 0.1) is 0 Å². The Hall–Kier alpha value is -2.12. The highest BCUT2D eigenvalue weighted by Crippen LogP contribution is 2.15. The molecule has 0 radical (unpaired) electrons. The van der Waals surface area contributed by atoms with Crippen molar-refractivity contribution in [2.24, 2.45) is 0 Å². The van der Waals surface area contributed by atoms with Crippen molar-refractivity contribution < 1.29 is 0 Å². The third kappa shape index (κ3) is 3.25. The highest BCUT2D eigenvalue weighted by molar-refractivity contribution is 5.82. The van der Waals surface area contributed by atoms with E-state index in [1.165, 1.54) is 21.9 Å². The summed E-state index contributed by atoms with van der Waals surface area (Å²) in [4.78, 5) is 0. The average Bonchev–Trinajstić information content (AvgIpc) is 2.52. The predicted octanol–water partition coefficient (Wildman–Crippen LogP) is 4.17. The lowest BCUT2D eigenvalue weighted by Gasteiger charge is -2.06. The molecular weight excluding hydrogens is 242 g/mol. The first kappa shape index (κ1) is 12.9. The van der Waals surface area contributed by atoms with Gasteiger partial charge >= 0.3 is 0 Å². The number of hydrogen-bond acceptors (Lipinski definition) is 1. The summed E-state index contributed by atoms with van der Waals surface area (Å²) in [6.07, 6.45) is 1.07. The van der Waals surface area contributed by atoms with E-state index in [0.717, 1.165) is 19.5 Å². The third-order valence-corrected chi connectivity index (χ3v) is 3.58. The molecule has 0 unspecified atom stereocenters. The standard InChI is InChI=1S/C19H19N/c1-2-6-17(7-3-1)15-20-13-12-16-10-11-18-8-4-5-9-19(18)14-16/h1-11,14,20H,12-13,15H2. The van der Waals surface area contributed by atoms with E-state index < -0.39 is 0 Å². The first-order valence-electron chi connectivity index (χ1n) is 7.14. The first-order valence-corrected chi connectivity index (χ1v) is 7.14. The minimum atomic E-state index is 0.939. The van der Waals surface area contributed by atoms with Crippen LogP contribution in [0.1, 0.15) is 11.1 Å². The number of nitrogens with one attached hydrogen (secondary N) is 1. The molecule has 0 aliphatic rings. The molecule has 3 aromatic carbocycles. The maximum absolute atomic E-state index is 3.50. The van der Waals surface area contributed by atoms with E-state index in [2.05, 4.69) is 78.1 Å². The Morgan fingerprint density at radius 3 is 2.25 bits per heavy atom.